The Morgan fingerprint density at radius 2 is 1.71 bits per heavy atom. The largest absolute Gasteiger partial charge is 0.485 e. The molecule has 0 spiro atoms. The van der Waals surface area contributed by atoms with Crippen molar-refractivity contribution < 1.29 is 18.6 Å². The molecule has 3 aromatic rings. The van der Waals surface area contributed by atoms with Crippen LogP contribution in [-0.2, 0) is 22.6 Å². The van der Waals surface area contributed by atoms with Gasteiger partial charge in [-0.15, -0.1) is 0 Å². The van der Waals surface area contributed by atoms with Gasteiger partial charge in [0.2, 0.25) is 0 Å². The summed E-state index contributed by atoms with van der Waals surface area (Å²) in [6, 6.07) is 22.7. The van der Waals surface area contributed by atoms with Crippen molar-refractivity contribution in [2.75, 3.05) is 12.4 Å². The van der Waals surface area contributed by atoms with E-state index in [1.54, 1.807) is 19.2 Å². The van der Waals surface area contributed by atoms with Gasteiger partial charge in [0.1, 0.15) is 29.4 Å². The zero-order chi connectivity index (χ0) is 21.8. The molecule has 0 radical (unpaired) electrons. The third-order valence-corrected chi connectivity index (χ3v) is 5.59. The second kappa shape index (κ2) is 9.08. The van der Waals surface area contributed by atoms with E-state index in [9.17, 15) is 4.39 Å². The van der Waals surface area contributed by atoms with Crippen molar-refractivity contribution in [2.45, 2.75) is 44.8 Å². The third kappa shape index (κ3) is 4.89. The highest BCUT2D eigenvalue weighted by Crippen LogP contribution is 2.44. The van der Waals surface area contributed by atoms with Gasteiger partial charge >= 0.3 is 0 Å². The second-order valence-electron chi connectivity index (χ2n) is 8.31. The van der Waals surface area contributed by atoms with Gasteiger partial charge in [-0.1, -0.05) is 42.5 Å². The lowest BCUT2D eigenvalue weighted by atomic mass is 9.88. The quantitative estimate of drug-likeness (QED) is 0.517. The molecule has 2 atom stereocenters. The Kier molecular flexibility index (Phi) is 6.25. The Labute approximate surface area is 183 Å². The Morgan fingerprint density at radius 1 is 0.968 bits per heavy atom. The van der Waals surface area contributed by atoms with E-state index in [0.29, 0.717) is 6.61 Å². The molecule has 0 amide bonds. The second-order valence-corrected chi connectivity index (χ2v) is 8.31. The Balaban J connectivity index is 1.53. The van der Waals surface area contributed by atoms with Crippen molar-refractivity contribution in [3.63, 3.8) is 0 Å². The first-order valence-corrected chi connectivity index (χ1v) is 10.5. The van der Waals surface area contributed by atoms with Gasteiger partial charge in [0.15, 0.2) is 0 Å². The van der Waals surface area contributed by atoms with Crippen molar-refractivity contribution in [3.05, 3.63) is 95.3 Å². The van der Waals surface area contributed by atoms with E-state index < -0.39 is 5.60 Å². The predicted molar refractivity (Wildman–Crippen MR) is 120 cm³/mol. The van der Waals surface area contributed by atoms with Gasteiger partial charge in [-0.05, 0) is 55.3 Å². The lowest BCUT2D eigenvalue weighted by Gasteiger charge is -2.44. The summed E-state index contributed by atoms with van der Waals surface area (Å²) < 4.78 is 31.7. The fraction of sp³-hybridized carbons (Fsp3) is 0.308. The summed E-state index contributed by atoms with van der Waals surface area (Å²) in [4.78, 5) is 0. The van der Waals surface area contributed by atoms with Gasteiger partial charge in [0.25, 0.3) is 0 Å². The Hall–Kier alpha value is -2.89. The fourth-order valence-electron chi connectivity index (χ4n) is 3.95. The van der Waals surface area contributed by atoms with Crippen LogP contribution in [0.3, 0.4) is 0 Å². The highest BCUT2D eigenvalue weighted by Gasteiger charge is 2.45. The first-order valence-electron chi connectivity index (χ1n) is 10.5. The standard InChI is InChI=1S/C26H28FNO3/c1-26(2)25(30-17-19-9-11-20(27)12-10-19)24(29-3)22-15-21(13-14-23(22)31-26)28-16-18-7-5-4-6-8-18/h4-15,24-25,28H,16-17H2,1-3H3. The van der Waals surface area contributed by atoms with Gasteiger partial charge in [0, 0.05) is 24.9 Å². The van der Waals surface area contributed by atoms with Crippen molar-refractivity contribution in [1.82, 2.24) is 0 Å². The molecule has 4 rings (SSSR count). The minimum Gasteiger partial charge on any atom is -0.485 e. The molecule has 5 heteroatoms. The molecule has 1 aliphatic rings. The van der Waals surface area contributed by atoms with Gasteiger partial charge < -0.3 is 19.5 Å². The first-order chi connectivity index (χ1) is 15.0. The number of fused-ring (bicyclic) bond motifs is 1. The highest BCUT2D eigenvalue weighted by molar-refractivity contribution is 5.53. The zero-order valence-electron chi connectivity index (χ0n) is 18.1. The van der Waals surface area contributed by atoms with Crippen LogP contribution in [-0.4, -0.2) is 18.8 Å². The van der Waals surface area contributed by atoms with Crippen molar-refractivity contribution >= 4 is 5.69 Å². The number of halogens is 1. The fourth-order valence-corrected chi connectivity index (χ4v) is 3.95. The molecule has 0 saturated carbocycles. The van der Waals surface area contributed by atoms with E-state index in [1.807, 2.05) is 44.2 Å². The van der Waals surface area contributed by atoms with Crippen LogP contribution in [0, 0.1) is 5.82 Å². The summed E-state index contributed by atoms with van der Waals surface area (Å²) >= 11 is 0. The normalized spacial score (nSPS) is 19.4. The number of benzene rings is 3. The Morgan fingerprint density at radius 3 is 2.42 bits per heavy atom. The average Bonchev–Trinajstić information content (AvgIpc) is 2.77. The molecule has 3 aromatic carbocycles. The van der Waals surface area contributed by atoms with Crippen LogP contribution in [0.5, 0.6) is 5.75 Å². The van der Waals surface area contributed by atoms with Crippen molar-refractivity contribution in [1.29, 1.82) is 0 Å². The van der Waals surface area contributed by atoms with Crippen molar-refractivity contribution in [2.24, 2.45) is 0 Å². The highest BCUT2D eigenvalue weighted by atomic mass is 19.1. The molecule has 0 bridgehead atoms. The molecule has 0 aliphatic carbocycles. The molecule has 162 valence electrons. The van der Waals surface area contributed by atoms with Crippen LogP contribution in [0.2, 0.25) is 0 Å². The maximum Gasteiger partial charge on any atom is 0.132 e. The molecule has 1 aliphatic heterocycles. The van der Waals surface area contributed by atoms with Crippen LogP contribution in [0.15, 0.2) is 72.8 Å². The van der Waals surface area contributed by atoms with Crippen molar-refractivity contribution in [3.8, 4) is 5.75 Å². The molecular formula is C26H28FNO3. The molecule has 0 aromatic heterocycles. The van der Waals surface area contributed by atoms with Crippen LogP contribution >= 0.6 is 0 Å². The smallest absolute Gasteiger partial charge is 0.132 e. The molecule has 2 unspecified atom stereocenters. The maximum atomic E-state index is 13.2. The molecular weight excluding hydrogens is 393 g/mol. The number of anilines is 1. The van der Waals surface area contributed by atoms with E-state index in [0.717, 1.165) is 29.1 Å². The lowest BCUT2D eigenvalue weighted by Crippen LogP contribution is -2.50. The maximum absolute atomic E-state index is 13.2. The predicted octanol–water partition coefficient (Wildman–Crippen LogP) is 5.88. The SMILES string of the molecule is COC1c2cc(NCc3ccccc3)ccc2OC(C)(C)C1OCc1ccc(F)cc1. The van der Waals surface area contributed by atoms with Crippen LogP contribution in [0.4, 0.5) is 10.1 Å². The molecule has 1 N–H and O–H groups in total. The average molecular weight is 422 g/mol. The zero-order valence-corrected chi connectivity index (χ0v) is 18.1. The summed E-state index contributed by atoms with van der Waals surface area (Å²) in [5.74, 6) is 0.535. The molecule has 0 fully saturated rings. The van der Waals surface area contributed by atoms with E-state index in [4.69, 9.17) is 14.2 Å². The summed E-state index contributed by atoms with van der Waals surface area (Å²) in [6.45, 7) is 5.07. The lowest BCUT2D eigenvalue weighted by molar-refractivity contribution is -0.159. The summed E-state index contributed by atoms with van der Waals surface area (Å²) in [5.41, 5.74) is 3.46. The summed E-state index contributed by atoms with van der Waals surface area (Å²) in [5, 5.41) is 3.47. The van der Waals surface area contributed by atoms with E-state index in [1.165, 1.54) is 17.7 Å². The van der Waals surface area contributed by atoms with Crippen LogP contribution < -0.4 is 10.1 Å². The minimum atomic E-state index is -0.591. The van der Waals surface area contributed by atoms with Gasteiger partial charge in [-0.2, -0.15) is 0 Å². The Bertz CT molecular complexity index is 1000. The number of rotatable bonds is 7. The van der Waals surface area contributed by atoms with Crippen LogP contribution in [0.25, 0.3) is 0 Å². The third-order valence-electron chi connectivity index (χ3n) is 5.59. The number of nitrogens with one attached hydrogen (secondary N) is 1. The van der Waals surface area contributed by atoms with Gasteiger partial charge in [-0.3, -0.25) is 0 Å². The monoisotopic (exact) mass is 421 g/mol. The molecule has 4 nitrogen and oxygen atoms in total. The minimum absolute atomic E-state index is 0.260. The number of hydrogen-bond acceptors (Lipinski definition) is 4. The first kappa shape index (κ1) is 21.3. The van der Waals surface area contributed by atoms with E-state index in [2.05, 4.69) is 23.5 Å². The topological polar surface area (TPSA) is 39.7 Å². The molecule has 31 heavy (non-hydrogen) atoms. The van der Waals surface area contributed by atoms with Gasteiger partial charge in [-0.25, -0.2) is 4.39 Å². The number of hydrogen-bond donors (Lipinski definition) is 1. The summed E-state index contributed by atoms with van der Waals surface area (Å²) in [6.07, 6.45) is -0.628. The van der Waals surface area contributed by atoms with E-state index >= 15 is 0 Å². The summed E-state index contributed by atoms with van der Waals surface area (Å²) in [7, 11) is 1.69. The number of ether oxygens (including phenoxy) is 3. The molecule has 1 heterocycles. The van der Waals surface area contributed by atoms with Gasteiger partial charge in [0.05, 0.1) is 6.61 Å². The van der Waals surface area contributed by atoms with Crippen LogP contribution in [0.1, 0.15) is 36.6 Å². The molecule has 0 saturated heterocycles. The number of methoxy groups -OCH3 is 1. The van der Waals surface area contributed by atoms with E-state index in [-0.39, 0.29) is 18.0 Å².